The highest BCUT2D eigenvalue weighted by Crippen LogP contribution is 2.31. The van der Waals surface area contributed by atoms with Gasteiger partial charge in [-0.1, -0.05) is 12.1 Å². The number of pyridine rings is 1. The number of piperazine rings is 1. The van der Waals surface area contributed by atoms with E-state index < -0.39 is 0 Å². The maximum atomic E-state index is 12.7. The topological polar surface area (TPSA) is 94.5 Å². The summed E-state index contributed by atoms with van der Waals surface area (Å²) in [5, 5.41) is 14.9. The van der Waals surface area contributed by atoms with E-state index in [9.17, 15) is 9.90 Å². The van der Waals surface area contributed by atoms with Crippen molar-refractivity contribution in [2.45, 2.75) is 6.04 Å². The summed E-state index contributed by atoms with van der Waals surface area (Å²) in [5.41, 5.74) is 4.97. The summed E-state index contributed by atoms with van der Waals surface area (Å²) in [7, 11) is 0. The number of hydrogen-bond acceptors (Lipinski definition) is 8. The molecule has 2 amide bonds. The first-order valence-corrected chi connectivity index (χ1v) is 12.1. The molecule has 1 aliphatic heterocycles. The fourth-order valence-electron chi connectivity index (χ4n) is 3.91. The number of fused-ring (bicyclic) bond motifs is 1. The fraction of sp³-hybridized carbons (Fsp3) is 0.217. The lowest BCUT2D eigenvalue weighted by Crippen LogP contribution is -2.58. The van der Waals surface area contributed by atoms with Gasteiger partial charge in [0.25, 0.3) is 0 Å². The predicted octanol–water partition coefficient (Wildman–Crippen LogP) is 3.51. The monoisotopic (exact) mass is 476 g/mol. The van der Waals surface area contributed by atoms with Crippen molar-refractivity contribution in [2.24, 2.45) is 0 Å². The van der Waals surface area contributed by atoms with E-state index in [0.717, 1.165) is 27.2 Å². The van der Waals surface area contributed by atoms with Crippen molar-refractivity contribution in [3.05, 3.63) is 52.4 Å². The minimum absolute atomic E-state index is 0.151. The number of urea groups is 1. The van der Waals surface area contributed by atoms with E-state index in [1.807, 2.05) is 29.9 Å². The summed E-state index contributed by atoms with van der Waals surface area (Å²) in [5.74, 6) is 3.69. The molecule has 0 unspecified atom stereocenters. The van der Waals surface area contributed by atoms with E-state index in [2.05, 4.69) is 43.2 Å². The Morgan fingerprint density at radius 1 is 1.24 bits per heavy atom. The Labute approximate surface area is 198 Å². The largest absolute Gasteiger partial charge is 0.394 e. The van der Waals surface area contributed by atoms with Crippen molar-refractivity contribution in [3.8, 4) is 23.5 Å². The first-order chi connectivity index (χ1) is 16.2. The number of terminal acetylenes is 1. The highest BCUT2D eigenvalue weighted by molar-refractivity contribution is 7.17. The molecule has 0 spiro atoms. The molecule has 1 aliphatic rings. The zero-order valence-electron chi connectivity index (χ0n) is 17.5. The van der Waals surface area contributed by atoms with Gasteiger partial charge in [0.15, 0.2) is 5.01 Å². The van der Waals surface area contributed by atoms with Crippen molar-refractivity contribution < 1.29 is 9.90 Å². The third-order valence-electron chi connectivity index (χ3n) is 5.56. The number of benzene rings is 1. The normalized spacial score (nSPS) is 16.1. The highest BCUT2D eigenvalue weighted by Gasteiger charge is 2.31. The van der Waals surface area contributed by atoms with Crippen molar-refractivity contribution in [1.29, 1.82) is 0 Å². The first kappa shape index (κ1) is 21.3. The van der Waals surface area contributed by atoms with Crippen LogP contribution in [0.15, 0.2) is 47.4 Å². The predicted molar refractivity (Wildman–Crippen MR) is 132 cm³/mol. The summed E-state index contributed by atoms with van der Waals surface area (Å²) >= 11 is 2.91. The van der Waals surface area contributed by atoms with Crippen molar-refractivity contribution in [1.82, 2.24) is 19.9 Å². The molecule has 33 heavy (non-hydrogen) atoms. The van der Waals surface area contributed by atoms with Crippen LogP contribution >= 0.6 is 22.7 Å². The molecule has 0 bridgehead atoms. The molecule has 10 heteroatoms. The zero-order chi connectivity index (χ0) is 22.8. The number of carbonyl (C=O) groups excluding carboxylic acids is 1. The van der Waals surface area contributed by atoms with Crippen LogP contribution in [0.4, 0.5) is 16.4 Å². The molecule has 1 atom stereocenters. The van der Waals surface area contributed by atoms with Crippen LogP contribution in [0.5, 0.6) is 0 Å². The second-order valence-corrected chi connectivity index (χ2v) is 9.21. The van der Waals surface area contributed by atoms with Crippen LogP contribution in [-0.2, 0) is 0 Å². The molecule has 1 saturated heterocycles. The summed E-state index contributed by atoms with van der Waals surface area (Å²) in [4.78, 5) is 29.7. The third kappa shape index (κ3) is 4.26. The van der Waals surface area contributed by atoms with Gasteiger partial charge in [-0.2, -0.15) is 0 Å². The van der Waals surface area contributed by atoms with Crippen LogP contribution in [0.1, 0.15) is 5.01 Å². The number of amides is 2. The van der Waals surface area contributed by atoms with Gasteiger partial charge >= 0.3 is 6.03 Å². The van der Waals surface area contributed by atoms with Gasteiger partial charge in [-0.05, 0) is 24.1 Å². The number of thiazole rings is 2. The van der Waals surface area contributed by atoms with Crippen LogP contribution in [-0.4, -0.2) is 63.3 Å². The summed E-state index contributed by atoms with van der Waals surface area (Å²) < 4.78 is 1.14. The van der Waals surface area contributed by atoms with Crippen molar-refractivity contribution in [2.75, 3.05) is 36.5 Å². The zero-order valence-corrected chi connectivity index (χ0v) is 19.1. The number of aliphatic hydroxyl groups excluding tert-OH is 1. The van der Waals surface area contributed by atoms with Gasteiger partial charge in [-0.25, -0.2) is 19.7 Å². The number of carbonyl (C=O) groups is 1. The quantitative estimate of drug-likeness (QED) is 0.438. The van der Waals surface area contributed by atoms with Crippen LogP contribution in [0.3, 0.4) is 0 Å². The van der Waals surface area contributed by atoms with Gasteiger partial charge < -0.3 is 14.9 Å². The van der Waals surface area contributed by atoms with Gasteiger partial charge in [0.05, 0.1) is 28.4 Å². The van der Waals surface area contributed by atoms with Gasteiger partial charge in [0.2, 0.25) is 0 Å². The van der Waals surface area contributed by atoms with Crippen LogP contribution in [0.25, 0.3) is 21.3 Å². The number of nitrogens with one attached hydrogen (secondary N) is 1. The smallest absolute Gasteiger partial charge is 0.323 e. The molecule has 3 aromatic heterocycles. The van der Waals surface area contributed by atoms with Crippen molar-refractivity contribution >= 4 is 50.6 Å². The summed E-state index contributed by atoms with van der Waals surface area (Å²) in [6.07, 6.45) is 7.20. The Hall–Kier alpha value is -3.52. The lowest BCUT2D eigenvalue weighted by atomic mass is 10.1. The number of aromatic nitrogens is 3. The molecule has 0 radical (unpaired) electrons. The molecule has 4 aromatic rings. The number of nitrogens with zero attached hydrogens (tertiary/aromatic N) is 5. The van der Waals surface area contributed by atoms with Crippen LogP contribution in [0.2, 0.25) is 0 Å². The summed E-state index contributed by atoms with van der Waals surface area (Å²) in [6.45, 7) is 1.38. The molecule has 0 saturated carbocycles. The molecule has 5 rings (SSSR count). The molecule has 166 valence electrons. The van der Waals surface area contributed by atoms with Gasteiger partial charge in [0, 0.05) is 42.3 Å². The standard InChI is InChI=1S/C23H20N6O2S2/c1-2-21-26-19(13-32-21)27-23(31)29-9-8-28(11-16(29)12-30)20-7-6-15(10-24-20)17-4-3-5-18-22(17)33-14-25-18/h1,3-7,10,13-14,16,30H,8-9,11-12H2,(H,27,31)/t16-/m1/s1. The minimum atomic E-state index is -0.364. The molecule has 2 N–H and O–H groups in total. The SMILES string of the molecule is C#Cc1nc(NC(=O)N2CCN(c3ccc(-c4cccc5ncsc45)cn3)C[C@@H]2CO)cs1. The lowest BCUT2D eigenvalue weighted by Gasteiger charge is -2.41. The van der Waals surface area contributed by atoms with Crippen LogP contribution < -0.4 is 10.2 Å². The molecule has 8 nitrogen and oxygen atoms in total. The van der Waals surface area contributed by atoms with Crippen molar-refractivity contribution in [3.63, 3.8) is 0 Å². The second-order valence-electron chi connectivity index (χ2n) is 7.50. The van der Waals surface area contributed by atoms with Gasteiger partial charge in [-0.15, -0.1) is 29.1 Å². The van der Waals surface area contributed by atoms with E-state index in [-0.39, 0.29) is 18.7 Å². The average Bonchev–Trinajstić information content (AvgIpc) is 3.53. The van der Waals surface area contributed by atoms with E-state index >= 15 is 0 Å². The first-order valence-electron chi connectivity index (χ1n) is 10.3. The molecule has 1 fully saturated rings. The third-order valence-corrected chi connectivity index (χ3v) is 7.21. The Bertz CT molecular complexity index is 1330. The maximum absolute atomic E-state index is 12.7. The van der Waals surface area contributed by atoms with Crippen LogP contribution in [0, 0.1) is 12.3 Å². The molecule has 4 heterocycles. The van der Waals surface area contributed by atoms with Gasteiger partial charge in [-0.3, -0.25) is 5.32 Å². The Kier molecular flexibility index (Phi) is 5.92. The molecule has 1 aromatic carbocycles. The number of rotatable bonds is 4. The number of hydrogen-bond donors (Lipinski definition) is 2. The Morgan fingerprint density at radius 2 is 2.15 bits per heavy atom. The maximum Gasteiger partial charge on any atom is 0.323 e. The van der Waals surface area contributed by atoms with E-state index in [1.165, 1.54) is 11.3 Å². The second kappa shape index (κ2) is 9.15. The number of anilines is 2. The average molecular weight is 477 g/mol. The molecular formula is C23H20N6O2S2. The fourth-order valence-corrected chi connectivity index (χ4v) is 5.29. The Morgan fingerprint density at radius 3 is 2.91 bits per heavy atom. The number of aliphatic hydroxyl groups is 1. The van der Waals surface area contributed by atoms with E-state index in [0.29, 0.717) is 30.5 Å². The van der Waals surface area contributed by atoms with Gasteiger partial charge in [0.1, 0.15) is 11.6 Å². The van der Waals surface area contributed by atoms with E-state index in [1.54, 1.807) is 21.6 Å². The Balaban J connectivity index is 1.28. The lowest BCUT2D eigenvalue weighted by molar-refractivity contribution is 0.132. The minimum Gasteiger partial charge on any atom is -0.394 e. The highest BCUT2D eigenvalue weighted by atomic mass is 32.1. The van der Waals surface area contributed by atoms with E-state index in [4.69, 9.17) is 6.42 Å². The molecule has 0 aliphatic carbocycles. The summed E-state index contributed by atoms with van der Waals surface area (Å²) in [6, 6.07) is 9.45. The molecular weight excluding hydrogens is 456 g/mol.